The Bertz CT molecular complexity index is 295. The van der Waals surface area contributed by atoms with Gasteiger partial charge in [-0.15, -0.1) is 0 Å². The molecule has 110 valence electrons. The summed E-state index contributed by atoms with van der Waals surface area (Å²) in [7, 11) is 0. The van der Waals surface area contributed by atoms with Crippen LogP contribution in [0.5, 0.6) is 0 Å². The average molecular weight is 268 g/mol. The van der Waals surface area contributed by atoms with Gasteiger partial charge >= 0.3 is 0 Å². The molecule has 2 rings (SSSR count). The summed E-state index contributed by atoms with van der Waals surface area (Å²) in [6, 6.07) is 1.32. The second-order valence-electron chi connectivity index (χ2n) is 6.67. The summed E-state index contributed by atoms with van der Waals surface area (Å²) in [6.45, 7) is 4.54. The van der Waals surface area contributed by atoms with Crippen LogP contribution < -0.4 is 10.6 Å². The molecule has 0 aromatic carbocycles. The molecule has 0 aromatic heterocycles. The van der Waals surface area contributed by atoms with Crippen LogP contribution in [0.2, 0.25) is 0 Å². The lowest BCUT2D eigenvalue weighted by Gasteiger charge is -2.28. The number of hydrogen-bond donors (Lipinski definition) is 3. The molecule has 2 aliphatic rings. The summed E-state index contributed by atoms with van der Waals surface area (Å²) in [5, 5.41) is 15.9. The SMILES string of the molecule is CC(O)CC(C)CNC(=O)CC1CC2CCC(C1)N2. The van der Waals surface area contributed by atoms with Crippen LogP contribution in [0, 0.1) is 11.8 Å². The molecule has 1 amide bonds. The third kappa shape index (κ3) is 4.77. The number of carbonyl (C=O) groups excluding carboxylic acids is 1. The van der Waals surface area contributed by atoms with E-state index < -0.39 is 0 Å². The Labute approximate surface area is 116 Å². The van der Waals surface area contributed by atoms with Crippen molar-refractivity contribution in [2.24, 2.45) is 11.8 Å². The molecule has 2 bridgehead atoms. The standard InChI is InChI=1S/C15H28N2O2/c1-10(5-11(2)18)9-16-15(19)8-12-6-13-3-4-14(7-12)17-13/h10-14,17-18H,3-9H2,1-2H3,(H,16,19). The third-order valence-electron chi connectivity index (χ3n) is 4.44. The van der Waals surface area contributed by atoms with Crippen molar-refractivity contribution in [3.8, 4) is 0 Å². The van der Waals surface area contributed by atoms with E-state index in [4.69, 9.17) is 0 Å². The molecule has 0 spiro atoms. The summed E-state index contributed by atoms with van der Waals surface area (Å²) in [5.41, 5.74) is 0. The lowest BCUT2D eigenvalue weighted by molar-refractivity contribution is -0.122. The van der Waals surface area contributed by atoms with Gasteiger partial charge in [-0.05, 0) is 50.9 Å². The number of aliphatic hydroxyl groups is 1. The number of aliphatic hydroxyl groups excluding tert-OH is 1. The van der Waals surface area contributed by atoms with Crippen LogP contribution in [-0.2, 0) is 4.79 Å². The van der Waals surface area contributed by atoms with Crippen molar-refractivity contribution in [2.45, 2.75) is 70.6 Å². The van der Waals surface area contributed by atoms with Crippen molar-refractivity contribution in [3.63, 3.8) is 0 Å². The Kier molecular flexibility index (Phi) is 5.22. The zero-order chi connectivity index (χ0) is 13.8. The monoisotopic (exact) mass is 268 g/mol. The minimum Gasteiger partial charge on any atom is -0.393 e. The summed E-state index contributed by atoms with van der Waals surface area (Å²) in [4.78, 5) is 11.9. The number of carbonyl (C=O) groups is 1. The Balaban J connectivity index is 1.64. The Morgan fingerprint density at radius 2 is 1.95 bits per heavy atom. The van der Waals surface area contributed by atoms with Crippen LogP contribution in [0.1, 0.15) is 52.4 Å². The van der Waals surface area contributed by atoms with Gasteiger partial charge in [-0.1, -0.05) is 6.92 Å². The number of piperidine rings is 1. The van der Waals surface area contributed by atoms with Crippen molar-refractivity contribution in [1.29, 1.82) is 0 Å². The average Bonchev–Trinajstić information content (AvgIpc) is 2.65. The fourth-order valence-corrected chi connectivity index (χ4v) is 3.63. The molecule has 0 radical (unpaired) electrons. The number of fused-ring (bicyclic) bond motifs is 2. The topological polar surface area (TPSA) is 61.4 Å². The van der Waals surface area contributed by atoms with E-state index in [0.717, 1.165) is 19.3 Å². The number of rotatable bonds is 6. The summed E-state index contributed by atoms with van der Waals surface area (Å²) in [5.74, 6) is 1.09. The van der Waals surface area contributed by atoms with E-state index in [1.807, 2.05) is 0 Å². The molecule has 2 heterocycles. The molecule has 4 unspecified atom stereocenters. The van der Waals surface area contributed by atoms with Crippen LogP contribution in [0.25, 0.3) is 0 Å². The maximum absolute atomic E-state index is 11.9. The van der Waals surface area contributed by atoms with Gasteiger partial charge in [0.15, 0.2) is 0 Å². The molecular weight excluding hydrogens is 240 g/mol. The summed E-state index contributed by atoms with van der Waals surface area (Å²) < 4.78 is 0. The van der Waals surface area contributed by atoms with Crippen LogP contribution in [0.3, 0.4) is 0 Å². The number of amides is 1. The third-order valence-corrected chi connectivity index (χ3v) is 4.44. The molecule has 0 aliphatic carbocycles. The maximum Gasteiger partial charge on any atom is 0.220 e. The minimum atomic E-state index is -0.285. The molecule has 2 fully saturated rings. The van der Waals surface area contributed by atoms with E-state index in [-0.39, 0.29) is 12.0 Å². The maximum atomic E-state index is 11.9. The normalized spacial score (nSPS) is 32.9. The molecule has 3 N–H and O–H groups in total. The molecule has 2 saturated heterocycles. The fourth-order valence-electron chi connectivity index (χ4n) is 3.63. The van der Waals surface area contributed by atoms with E-state index >= 15 is 0 Å². The Morgan fingerprint density at radius 1 is 1.32 bits per heavy atom. The number of hydrogen-bond acceptors (Lipinski definition) is 3. The minimum absolute atomic E-state index is 0.184. The highest BCUT2D eigenvalue weighted by Gasteiger charge is 2.34. The van der Waals surface area contributed by atoms with Crippen LogP contribution in [0.4, 0.5) is 0 Å². The molecule has 19 heavy (non-hydrogen) atoms. The van der Waals surface area contributed by atoms with Gasteiger partial charge in [0.25, 0.3) is 0 Å². The molecule has 4 heteroatoms. The summed E-state index contributed by atoms with van der Waals surface area (Å²) in [6.07, 6.45) is 6.03. The lowest BCUT2D eigenvalue weighted by Crippen LogP contribution is -2.40. The summed E-state index contributed by atoms with van der Waals surface area (Å²) >= 11 is 0. The van der Waals surface area contributed by atoms with E-state index in [0.29, 0.717) is 36.9 Å². The number of nitrogens with one attached hydrogen (secondary N) is 2. The Hall–Kier alpha value is -0.610. The highest BCUT2D eigenvalue weighted by atomic mass is 16.3. The van der Waals surface area contributed by atoms with Gasteiger partial charge in [0.1, 0.15) is 0 Å². The van der Waals surface area contributed by atoms with E-state index in [2.05, 4.69) is 17.6 Å². The first-order valence-electron chi connectivity index (χ1n) is 7.73. The Morgan fingerprint density at radius 3 is 2.53 bits per heavy atom. The highest BCUT2D eigenvalue weighted by Crippen LogP contribution is 2.32. The van der Waals surface area contributed by atoms with Crippen LogP contribution in [-0.4, -0.2) is 35.7 Å². The van der Waals surface area contributed by atoms with Crippen LogP contribution >= 0.6 is 0 Å². The molecule has 4 atom stereocenters. The molecular formula is C15H28N2O2. The molecule has 0 aromatic rings. The zero-order valence-electron chi connectivity index (χ0n) is 12.2. The van der Waals surface area contributed by atoms with Crippen molar-refractivity contribution in [3.05, 3.63) is 0 Å². The first-order valence-corrected chi connectivity index (χ1v) is 7.73. The first-order chi connectivity index (χ1) is 9.02. The lowest BCUT2D eigenvalue weighted by atomic mass is 9.89. The van der Waals surface area contributed by atoms with Gasteiger partial charge in [0, 0.05) is 25.0 Å². The van der Waals surface area contributed by atoms with Gasteiger partial charge in [-0.25, -0.2) is 0 Å². The zero-order valence-corrected chi connectivity index (χ0v) is 12.2. The molecule has 4 nitrogen and oxygen atoms in total. The second-order valence-corrected chi connectivity index (χ2v) is 6.67. The molecule has 2 aliphatic heterocycles. The van der Waals surface area contributed by atoms with Gasteiger partial charge in [-0.3, -0.25) is 4.79 Å². The van der Waals surface area contributed by atoms with E-state index in [1.165, 1.54) is 12.8 Å². The second kappa shape index (κ2) is 6.71. The van der Waals surface area contributed by atoms with Gasteiger partial charge in [0.2, 0.25) is 5.91 Å². The van der Waals surface area contributed by atoms with Gasteiger partial charge < -0.3 is 15.7 Å². The van der Waals surface area contributed by atoms with Crippen molar-refractivity contribution < 1.29 is 9.90 Å². The largest absolute Gasteiger partial charge is 0.393 e. The van der Waals surface area contributed by atoms with Gasteiger partial charge in [-0.2, -0.15) is 0 Å². The van der Waals surface area contributed by atoms with Crippen LogP contribution in [0.15, 0.2) is 0 Å². The smallest absolute Gasteiger partial charge is 0.220 e. The van der Waals surface area contributed by atoms with E-state index in [9.17, 15) is 9.90 Å². The van der Waals surface area contributed by atoms with Crippen molar-refractivity contribution >= 4 is 5.91 Å². The highest BCUT2D eigenvalue weighted by molar-refractivity contribution is 5.76. The van der Waals surface area contributed by atoms with E-state index in [1.54, 1.807) is 6.92 Å². The van der Waals surface area contributed by atoms with Gasteiger partial charge in [0.05, 0.1) is 6.10 Å². The van der Waals surface area contributed by atoms with Crippen molar-refractivity contribution in [2.75, 3.05) is 6.54 Å². The molecule has 0 saturated carbocycles. The fraction of sp³-hybridized carbons (Fsp3) is 0.933. The first kappa shape index (κ1) is 14.8. The van der Waals surface area contributed by atoms with Crippen molar-refractivity contribution in [1.82, 2.24) is 10.6 Å². The quantitative estimate of drug-likeness (QED) is 0.683. The predicted molar refractivity (Wildman–Crippen MR) is 75.8 cm³/mol. The predicted octanol–water partition coefficient (Wildman–Crippen LogP) is 1.43.